The number of hydrogen-bond acceptors (Lipinski definition) is 7. The maximum Gasteiger partial charge on any atom is 0.338 e. The topological polar surface area (TPSA) is 103 Å². The summed E-state index contributed by atoms with van der Waals surface area (Å²) in [5, 5.41) is 4.91. The van der Waals surface area contributed by atoms with Crippen LogP contribution in [0.25, 0.3) is 5.69 Å². The van der Waals surface area contributed by atoms with Crippen LogP contribution in [0.5, 0.6) is 0 Å². The molecule has 12 heteroatoms. The number of carbonyl (C=O) groups excluding carboxylic acids is 2. The summed E-state index contributed by atoms with van der Waals surface area (Å²) in [6.45, 7) is 7.44. The second-order valence-electron chi connectivity index (χ2n) is 11.5. The number of aromatic nitrogens is 4. The first-order chi connectivity index (χ1) is 20.2. The highest BCUT2D eigenvalue weighted by Gasteiger charge is 2.33. The van der Waals surface area contributed by atoms with Gasteiger partial charge in [-0.15, -0.1) is 0 Å². The molecular weight excluding hydrogens is 591 g/mol. The van der Waals surface area contributed by atoms with E-state index in [1.54, 1.807) is 98.0 Å². The van der Waals surface area contributed by atoms with Gasteiger partial charge in [0.05, 0.1) is 39.7 Å². The van der Waals surface area contributed by atoms with E-state index in [9.17, 15) is 14.4 Å². The summed E-state index contributed by atoms with van der Waals surface area (Å²) in [5.74, 6) is 0.331. The number of amides is 1. The van der Waals surface area contributed by atoms with Crippen molar-refractivity contribution in [3.8, 4) is 5.69 Å². The lowest BCUT2D eigenvalue weighted by atomic mass is 9.98. The zero-order valence-electron chi connectivity index (χ0n) is 24.8. The number of halogens is 2. The second kappa shape index (κ2) is 11.5. The molecular formula is C31H32Cl2N6O4. The molecule has 0 bridgehead atoms. The Kier molecular flexibility index (Phi) is 8.11. The Labute approximate surface area is 259 Å². The molecule has 0 radical (unpaired) electrons. The zero-order chi connectivity index (χ0) is 31.2. The van der Waals surface area contributed by atoms with Crippen LogP contribution in [0.4, 0.5) is 11.8 Å². The minimum atomic E-state index is -0.639. The van der Waals surface area contributed by atoms with Gasteiger partial charge in [-0.3, -0.25) is 19.2 Å². The first kappa shape index (κ1) is 30.3. The van der Waals surface area contributed by atoms with E-state index in [0.29, 0.717) is 51.3 Å². The summed E-state index contributed by atoms with van der Waals surface area (Å²) >= 11 is 12.2. The number of esters is 1. The van der Waals surface area contributed by atoms with Crippen LogP contribution in [0.2, 0.25) is 10.0 Å². The van der Waals surface area contributed by atoms with Gasteiger partial charge in [0, 0.05) is 37.3 Å². The molecule has 1 aliphatic heterocycles. The van der Waals surface area contributed by atoms with Crippen molar-refractivity contribution >= 4 is 46.8 Å². The molecule has 2 aromatic carbocycles. The number of rotatable bonds is 5. The van der Waals surface area contributed by atoms with Crippen LogP contribution in [0, 0.1) is 0 Å². The van der Waals surface area contributed by atoms with Crippen molar-refractivity contribution in [3.05, 3.63) is 97.5 Å². The average molecular weight is 624 g/mol. The standard InChI is InChI=1S/C31H32Cl2N6O4/c1-18-15-22-25(17-38(18)27(40)20-9-12-23(32)24(33)16-20)35-30(36(5)26-13-14-34-37(26)6)39(28(22)41)21-10-7-19(8-11-21)29(42)43-31(2,3)4/h7-14,16,18H,15,17H2,1-6H3/t18-/m1/s1. The molecule has 224 valence electrons. The van der Waals surface area contributed by atoms with Gasteiger partial charge in [0.25, 0.3) is 11.5 Å². The van der Waals surface area contributed by atoms with Crippen LogP contribution in [0.15, 0.2) is 59.5 Å². The van der Waals surface area contributed by atoms with Crippen molar-refractivity contribution < 1.29 is 14.3 Å². The molecule has 1 atom stereocenters. The van der Waals surface area contributed by atoms with E-state index >= 15 is 0 Å². The lowest BCUT2D eigenvalue weighted by Crippen LogP contribution is -2.46. The van der Waals surface area contributed by atoms with E-state index in [1.807, 2.05) is 13.0 Å². The Hall–Kier alpha value is -4.15. The van der Waals surface area contributed by atoms with Gasteiger partial charge in [0.2, 0.25) is 5.95 Å². The first-order valence-electron chi connectivity index (χ1n) is 13.7. The third kappa shape index (κ3) is 6.03. The number of aryl methyl sites for hydroxylation is 1. The molecule has 4 aromatic rings. The zero-order valence-corrected chi connectivity index (χ0v) is 26.3. The fourth-order valence-electron chi connectivity index (χ4n) is 5.05. The Bertz CT molecular complexity index is 1770. The molecule has 0 aliphatic carbocycles. The van der Waals surface area contributed by atoms with Gasteiger partial charge in [-0.2, -0.15) is 5.10 Å². The van der Waals surface area contributed by atoms with Crippen molar-refractivity contribution in [2.45, 2.75) is 52.3 Å². The molecule has 43 heavy (non-hydrogen) atoms. The smallest absolute Gasteiger partial charge is 0.338 e. The monoisotopic (exact) mass is 622 g/mol. The summed E-state index contributed by atoms with van der Waals surface area (Å²) in [5.41, 5.74) is 1.41. The van der Waals surface area contributed by atoms with Crippen LogP contribution in [0.1, 0.15) is 59.7 Å². The first-order valence-corrected chi connectivity index (χ1v) is 14.5. The quantitative estimate of drug-likeness (QED) is 0.268. The van der Waals surface area contributed by atoms with Gasteiger partial charge in [-0.25, -0.2) is 14.3 Å². The van der Waals surface area contributed by atoms with Crippen molar-refractivity contribution in [2.24, 2.45) is 7.05 Å². The maximum absolute atomic E-state index is 14.2. The normalized spacial score (nSPS) is 14.8. The predicted molar refractivity (Wildman–Crippen MR) is 166 cm³/mol. The SMILES string of the molecule is C[C@@H]1Cc2c(nc(N(C)c3ccnn3C)n(-c3ccc(C(=O)OC(C)(C)C)cc3)c2=O)CN1C(=O)c1ccc(Cl)c(Cl)c1. The molecule has 1 aliphatic rings. The van der Waals surface area contributed by atoms with Crippen LogP contribution < -0.4 is 10.5 Å². The summed E-state index contributed by atoms with van der Waals surface area (Å²) in [6, 6.07) is 12.9. The lowest BCUT2D eigenvalue weighted by molar-refractivity contribution is 0.00693. The van der Waals surface area contributed by atoms with Gasteiger partial charge in [0.15, 0.2) is 0 Å². The van der Waals surface area contributed by atoms with Gasteiger partial charge >= 0.3 is 5.97 Å². The number of hydrogen-bond donors (Lipinski definition) is 0. The van der Waals surface area contributed by atoms with Crippen molar-refractivity contribution in [3.63, 3.8) is 0 Å². The Balaban J connectivity index is 1.59. The van der Waals surface area contributed by atoms with E-state index in [2.05, 4.69) is 5.10 Å². The Morgan fingerprint density at radius 1 is 1.02 bits per heavy atom. The van der Waals surface area contributed by atoms with Crippen molar-refractivity contribution in [1.29, 1.82) is 0 Å². The van der Waals surface area contributed by atoms with E-state index in [4.69, 9.17) is 32.9 Å². The molecule has 3 heterocycles. The number of anilines is 2. The van der Waals surface area contributed by atoms with E-state index in [1.165, 1.54) is 4.57 Å². The van der Waals surface area contributed by atoms with Crippen molar-refractivity contribution in [2.75, 3.05) is 11.9 Å². The summed E-state index contributed by atoms with van der Waals surface area (Å²) in [6.07, 6.45) is 1.96. The largest absolute Gasteiger partial charge is 0.456 e. The average Bonchev–Trinajstić information content (AvgIpc) is 3.38. The minimum Gasteiger partial charge on any atom is -0.456 e. The Morgan fingerprint density at radius 3 is 2.30 bits per heavy atom. The summed E-state index contributed by atoms with van der Waals surface area (Å²) in [4.78, 5) is 48.8. The van der Waals surface area contributed by atoms with Crippen LogP contribution in [0.3, 0.4) is 0 Å². The van der Waals surface area contributed by atoms with Crippen LogP contribution >= 0.6 is 23.2 Å². The highest BCUT2D eigenvalue weighted by atomic mass is 35.5. The predicted octanol–water partition coefficient (Wildman–Crippen LogP) is 5.58. The fourth-order valence-corrected chi connectivity index (χ4v) is 5.35. The molecule has 1 amide bonds. The number of nitrogens with zero attached hydrogens (tertiary/aromatic N) is 6. The van der Waals surface area contributed by atoms with Crippen molar-refractivity contribution in [1.82, 2.24) is 24.2 Å². The highest BCUT2D eigenvalue weighted by molar-refractivity contribution is 6.42. The molecule has 0 saturated heterocycles. The van der Waals surface area contributed by atoms with Crippen LogP contribution in [-0.4, -0.2) is 54.8 Å². The molecule has 10 nitrogen and oxygen atoms in total. The third-order valence-corrected chi connectivity index (χ3v) is 7.96. The van der Waals surface area contributed by atoms with E-state index < -0.39 is 11.6 Å². The lowest BCUT2D eigenvalue weighted by Gasteiger charge is -2.35. The molecule has 0 saturated carbocycles. The highest BCUT2D eigenvalue weighted by Crippen LogP contribution is 2.30. The summed E-state index contributed by atoms with van der Waals surface area (Å²) in [7, 11) is 3.59. The van der Waals surface area contributed by atoms with Gasteiger partial charge < -0.3 is 9.64 Å². The molecule has 0 N–H and O–H groups in total. The second-order valence-corrected chi connectivity index (χ2v) is 12.3. The number of fused-ring (bicyclic) bond motifs is 1. The molecule has 5 rings (SSSR count). The fraction of sp³-hybridized carbons (Fsp3) is 0.323. The number of carbonyl (C=O) groups is 2. The molecule has 0 spiro atoms. The van der Waals surface area contributed by atoms with Crippen LogP contribution in [-0.2, 0) is 24.8 Å². The number of ether oxygens (including phenoxy) is 1. The van der Waals surface area contributed by atoms with Gasteiger partial charge in [-0.1, -0.05) is 23.2 Å². The Morgan fingerprint density at radius 2 is 1.70 bits per heavy atom. The summed E-state index contributed by atoms with van der Waals surface area (Å²) < 4.78 is 8.69. The van der Waals surface area contributed by atoms with Gasteiger partial charge in [0.1, 0.15) is 11.4 Å². The molecule has 0 fully saturated rings. The van der Waals surface area contributed by atoms with E-state index in [-0.39, 0.29) is 29.1 Å². The van der Waals surface area contributed by atoms with E-state index in [0.717, 1.165) is 0 Å². The van der Waals surface area contributed by atoms with Gasteiger partial charge in [-0.05, 0) is 76.6 Å². The number of benzene rings is 2. The molecule has 0 unspecified atom stereocenters. The minimum absolute atomic E-state index is 0.134. The third-order valence-electron chi connectivity index (χ3n) is 7.22. The maximum atomic E-state index is 14.2. The molecule has 2 aromatic heterocycles.